The second-order valence-electron chi connectivity index (χ2n) is 9.07. The van der Waals surface area contributed by atoms with Gasteiger partial charge in [0.2, 0.25) is 5.91 Å². The number of amides is 1. The molecule has 0 unspecified atom stereocenters. The Labute approximate surface area is 178 Å². The van der Waals surface area contributed by atoms with Gasteiger partial charge in [0.25, 0.3) is 0 Å². The monoisotopic (exact) mass is 405 g/mol. The zero-order chi connectivity index (χ0) is 21.1. The third-order valence-electron chi connectivity index (χ3n) is 6.95. The number of hydrogen-bond donors (Lipinski definition) is 2. The van der Waals surface area contributed by atoms with Crippen molar-refractivity contribution in [3.8, 4) is 0 Å². The Morgan fingerprint density at radius 3 is 2.37 bits per heavy atom. The molecule has 0 saturated heterocycles. The number of carboxylic acids is 1. The van der Waals surface area contributed by atoms with E-state index in [1.54, 1.807) is 0 Å². The molecular formula is C26H31NO3. The summed E-state index contributed by atoms with van der Waals surface area (Å²) in [5.74, 6) is -0.435. The van der Waals surface area contributed by atoms with Crippen LogP contribution in [0.2, 0.25) is 0 Å². The van der Waals surface area contributed by atoms with Crippen molar-refractivity contribution >= 4 is 17.6 Å². The van der Waals surface area contributed by atoms with Crippen LogP contribution in [0.15, 0.2) is 48.5 Å². The molecule has 1 atom stereocenters. The summed E-state index contributed by atoms with van der Waals surface area (Å²) in [5.41, 5.74) is 3.50. The SMILES string of the molecule is CCc1ccc([C@@H](C(=O)Nc2cccc(CC3(C(=O)O)CC3)c2)C2CCCC2)cc1. The molecule has 4 nitrogen and oxygen atoms in total. The number of hydrogen-bond acceptors (Lipinski definition) is 2. The maximum atomic E-state index is 13.4. The molecule has 0 spiro atoms. The van der Waals surface area contributed by atoms with Gasteiger partial charge in [-0.1, -0.05) is 56.2 Å². The molecule has 0 aliphatic heterocycles. The number of carbonyl (C=O) groups is 2. The molecule has 2 aliphatic rings. The normalized spacial score (nSPS) is 18.7. The van der Waals surface area contributed by atoms with Gasteiger partial charge in [-0.25, -0.2) is 0 Å². The predicted molar refractivity (Wildman–Crippen MR) is 119 cm³/mol. The summed E-state index contributed by atoms with van der Waals surface area (Å²) in [7, 11) is 0. The highest BCUT2D eigenvalue weighted by Gasteiger charge is 2.49. The van der Waals surface area contributed by atoms with E-state index in [2.05, 4.69) is 36.5 Å². The quantitative estimate of drug-likeness (QED) is 0.603. The van der Waals surface area contributed by atoms with Crippen LogP contribution in [-0.2, 0) is 22.4 Å². The van der Waals surface area contributed by atoms with E-state index in [1.807, 2.05) is 24.3 Å². The number of aliphatic carboxylic acids is 1. The lowest BCUT2D eigenvalue weighted by molar-refractivity contribution is -0.143. The molecule has 0 radical (unpaired) electrons. The van der Waals surface area contributed by atoms with Crippen LogP contribution >= 0.6 is 0 Å². The number of benzene rings is 2. The average Bonchev–Trinajstić information content (AvgIpc) is 3.33. The second kappa shape index (κ2) is 8.63. The number of carboxylic acid groups (broad SMARTS) is 1. The van der Waals surface area contributed by atoms with Gasteiger partial charge in [0.05, 0.1) is 11.3 Å². The molecule has 4 rings (SSSR count). The topological polar surface area (TPSA) is 66.4 Å². The largest absolute Gasteiger partial charge is 0.481 e. The van der Waals surface area contributed by atoms with E-state index in [0.717, 1.165) is 48.9 Å². The van der Waals surface area contributed by atoms with Crippen LogP contribution in [0.25, 0.3) is 0 Å². The molecule has 1 amide bonds. The Bertz CT molecular complexity index is 908. The van der Waals surface area contributed by atoms with Crippen LogP contribution in [0.4, 0.5) is 5.69 Å². The molecular weight excluding hydrogens is 374 g/mol. The number of anilines is 1. The lowest BCUT2D eigenvalue weighted by atomic mass is 9.83. The lowest BCUT2D eigenvalue weighted by Crippen LogP contribution is -2.26. The van der Waals surface area contributed by atoms with Gasteiger partial charge in [-0.2, -0.15) is 0 Å². The van der Waals surface area contributed by atoms with Crippen molar-refractivity contribution in [2.75, 3.05) is 5.32 Å². The van der Waals surface area contributed by atoms with Crippen LogP contribution in [0, 0.1) is 11.3 Å². The Hall–Kier alpha value is -2.62. The fourth-order valence-corrected chi connectivity index (χ4v) is 4.88. The minimum Gasteiger partial charge on any atom is -0.481 e. The molecule has 2 fully saturated rings. The van der Waals surface area contributed by atoms with Gasteiger partial charge in [0.15, 0.2) is 0 Å². The van der Waals surface area contributed by atoms with Gasteiger partial charge in [0.1, 0.15) is 0 Å². The average molecular weight is 406 g/mol. The smallest absolute Gasteiger partial charge is 0.309 e. The summed E-state index contributed by atoms with van der Waals surface area (Å²) >= 11 is 0. The van der Waals surface area contributed by atoms with Crippen LogP contribution in [0.3, 0.4) is 0 Å². The van der Waals surface area contributed by atoms with Crippen molar-refractivity contribution in [1.82, 2.24) is 0 Å². The summed E-state index contributed by atoms with van der Waals surface area (Å²) in [4.78, 5) is 24.9. The highest BCUT2D eigenvalue weighted by atomic mass is 16.4. The molecule has 2 aliphatic carbocycles. The van der Waals surface area contributed by atoms with Gasteiger partial charge >= 0.3 is 5.97 Å². The van der Waals surface area contributed by atoms with E-state index in [0.29, 0.717) is 12.3 Å². The Morgan fingerprint density at radius 1 is 1.07 bits per heavy atom. The first-order chi connectivity index (χ1) is 14.5. The van der Waals surface area contributed by atoms with Crippen LogP contribution in [0.1, 0.15) is 68.1 Å². The highest BCUT2D eigenvalue weighted by Crippen LogP contribution is 2.48. The van der Waals surface area contributed by atoms with Gasteiger partial charge in [0, 0.05) is 5.69 Å². The van der Waals surface area contributed by atoms with Crippen molar-refractivity contribution < 1.29 is 14.7 Å². The van der Waals surface area contributed by atoms with Crippen LogP contribution < -0.4 is 5.32 Å². The van der Waals surface area contributed by atoms with Crippen molar-refractivity contribution in [3.05, 3.63) is 65.2 Å². The van der Waals surface area contributed by atoms with Crippen molar-refractivity contribution in [2.45, 2.75) is 64.2 Å². The molecule has 2 aromatic rings. The summed E-state index contributed by atoms with van der Waals surface area (Å²) in [5, 5.41) is 12.6. The van der Waals surface area contributed by atoms with Crippen molar-refractivity contribution in [3.63, 3.8) is 0 Å². The Balaban J connectivity index is 1.52. The minimum atomic E-state index is -0.714. The molecule has 30 heavy (non-hydrogen) atoms. The van der Waals surface area contributed by atoms with E-state index in [4.69, 9.17) is 0 Å². The Morgan fingerprint density at radius 2 is 1.77 bits per heavy atom. The standard InChI is InChI=1S/C26H31NO3/c1-2-18-10-12-21(13-11-18)23(20-7-3-4-8-20)24(28)27-22-9-5-6-19(16-22)17-26(14-15-26)25(29)30/h5-6,9-13,16,20,23H,2-4,7-8,14-15,17H2,1H3,(H,27,28)(H,29,30)/t23-/m0/s1. The third-order valence-corrected chi connectivity index (χ3v) is 6.95. The molecule has 158 valence electrons. The third kappa shape index (κ3) is 4.43. The first kappa shape index (κ1) is 20.6. The molecule has 2 N–H and O–H groups in total. The first-order valence-electron chi connectivity index (χ1n) is 11.2. The molecule has 0 bridgehead atoms. The van der Waals surface area contributed by atoms with E-state index in [-0.39, 0.29) is 11.8 Å². The number of rotatable bonds is 8. The summed E-state index contributed by atoms with van der Waals surface area (Å²) in [6.07, 6.45) is 7.54. The van der Waals surface area contributed by atoms with E-state index in [1.165, 1.54) is 18.4 Å². The number of aryl methyl sites for hydroxylation is 1. The molecule has 2 aromatic carbocycles. The zero-order valence-electron chi connectivity index (χ0n) is 17.7. The molecule has 0 heterocycles. The fourth-order valence-electron chi connectivity index (χ4n) is 4.88. The molecule has 0 aromatic heterocycles. The Kier molecular flexibility index (Phi) is 5.94. The van der Waals surface area contributed by atoms with Gasteiger partial charge in [-0.05, 0) is 73.3 Å². The maximum absolute atomic E-state index is 13.4. The van der Waals surface area contributed by atoms with E-state index in [9.17, 15) is 14.7 Å². The minimum absolute atomic E-state index is 0.0441. The number of nitrogens with one attached hydrogen (secondary N) is 1. The van der Waals surface area contributed by atoms with Gasteiger partial charge in [-0.15, -0.1) is 0 Å². The van der Waals surface area contributed by atoms with E-state index >= 15 is 0 Å². The van der Waals surface area contributed by atoms with Gasteiger partial charge in [-0.3, -0.25) is 9.59 Å². The summed E-state index contributed by atoms with van der Waals surface area (Å²) < 4.78 is 0. The lowest BCUT2D eigenvalue weighted by Gasteiger charge is -2.24. The number of carbonyl (C=O) groups excluding carboxylic acids is 1. The second-order valence-corrected chi connectivity index (χ2v) is 9.07. The van der Waals surface area contributed by atoms with Crippen LogP contribution in [-0.4, -0.2) is 17.0 Å². The fraction of sp³-hybridized carbons (Fsp3) is 0.462. The zero-order valence-corrected chi connectivity index (χ0v) is 17.7. The molecule has 2 saturated carbocycles. The highest BCUT2D eigenvalue weighted by molar-refractivity contribution is 5.96. The molecule has 4 heteroatoms. The van der Waals surface area contributed by atoms with Crippen LogP contribution in [0.5, 0.6) is 0 Å². The maximum Gasteiger partial charge on any atom is 0.309 e. The predicted octanol–water partition coefficient (Wildman–Crippen LogP) is 5.57. The summed E-state index contributed by atoms with van der Waals surface area (Å²) in [6, 6.07) is 16.2. The first-order valence-corrected chi connectivity index (χ1v) is 11.2. The summed E-state index contributed by atoms with van der Waals surface area (Å²) in [6.45, 7) is 2.14. The van der Waals surface area contributed by atoms with E-state index < -0.39 is 11.4 Å². The van der Waals surface area contributed by atoms with Crippen molar-refractivity contribution in [1.29, 1.82) is 0 Å². The van der Waals surface area contributed by atoms with Gasteiger partial charge < -0.3 is 10.4 Å². The van der Waals surface area contributed by atoms with Crippen molar-refractivity contribution in [2.24, 2.45) is 11.3 Å².